The van der Waals surface area contributed by atoms with Gasteiger partial charge in [0.15, 0.2) is 0 Å². The van der Waals surface area contributed by atoms with Gasteiger partial charge >= 0.3 is 6.61 Å². The summed E-state index contributed by atoms with van der Waals surface area (Å²) in [6, 6.07) is 4.30. The Labute approximate surface area is 79.7 Å². The van der Waals surface area contributed by atoms with Crippen LogP contribution in [0.5, 0.6) is 5.75 Å². The normalized spacial score (nSPS) is 10.0. The number of hydrogen-bond acceptors (Lipinski definition) is 2. The first-order valence-corrected chi connectivity index (χ1v) is 3.89. The standard InChI is InChI=1S/C9H9F2NO2/c1-6-4-7(14-9(10)11)2-3-8(6)12-5-13/h2-5,9H,1H3,(H,12,13). The van der Waals surface area contributed by atoms with Gasteiger partial charge in [0, 0.05) is 5.69 Å². The van der Waals surface area contributed by atoms with E-state index >= 15 is 0 Å². The van der Waals surface area contributed by atoms with Crippen LogP contribution in [0.2, 0.25) is 0 Å². The minimum absolute atomic E-state index is 0.0777. The van der Waals surface area contributed by atoms with Crippen molar-refractivity contribution < 1.29 is 18.3 Å². The lowest BCUT2D eigenvalue weighted by Crippen LogP contribution is -2.03. The zero-order valence-electron chi connectivity index (χ0n) is 7.46. The molecule has 0 saturated heterocycles. The Hall–Kier alpha value is -1.65. The fourth-order valence-electron chi connectivity index (χ4n) is 1.04. The predicted octanol–water partition coefficient (Wildman–Crippen LogP) is 2.16. The first kappa shape index (κ1) is 10.4. The molecule has 0 atom stereocenters. The number of carbonyl (C=O) groups is 1. The zero-order valence-corrected chi connectivity index (χ0v) is 7.46. The summed E-state index contributed by atoms with van der Waals surface area (Å²) in [5, 5.41) is 2.43. The lowest BCUT2D eigenvalue weighted by atomic mass is 10.2. The number of aryl methyl sites for hydroxylation is 1. The van der Waals surface area contributed by atoms with Crippen molar-refractivity contribution in [2.75, 3.05) is 5.32 Å². The molecule has 0 aliphatic rings. The second-order valence-corrected chi connectivity index (χ2v) is 2.62. The monoisotopic (exact) mass is 201 g/mol. The number of hydrogen-bond donors (Lipinski definition) is 1. The summed E-state index contributed by atoms with van der Waals surface area (Å²) < 4.78 is 27.8. The number of anilines is 1. The highest BCUT2D eigenvalue weighted by Gasteiger charge is 2.05. The molecule has 0 aliphatic heterocycles. The molecule has 1 rings (SSSR count). The summed E-state index contributed by atoms with van der Waals surface area (Å²) in [4.78, 5) is 10.1. The van der Waals surface area contributed by atoms with Crippen LogP contribution in [-0.4, -0.2) is 13.0 Å². The molecule has 0 unspecified atom stereocenters. The van der Waals surface area contributed by atoms with Crippen molar-refractivity contribution in [1.82, 2.24) is 0 Å². The van der Waals surface area contributed by atoms with Crippen LogP contribution in [0.15, 0.2) is 18.2 Å². The van der Waals surface area contributed by atoms with Crippen LogP contribution in [0, 0.1) is 6.92 Å². The minimum Gasteiger partial charge on any atom is -0.435 e. The number of halogens is 2. The van der Waals surface area contributed by atoms with E-state index in [-0.39, 0.29) is 5.75 Å². The Morgan fingerprint density at radius 1 is 1.50 bits per heavy atom. The smallest absolute Gasteiger partial charge is 0.387 e. The van der Waals surface area contributed by atoms with Gasteiger partial charge in [0.1, 0.15) is 5.75 Å². The minimum atomic E-state index is -2.83. The predicted molar refractivity (Wildman–Crippen MR) is 47.5 cm³/mol. The molecular formula is C9H9F2NO2. The molecule has 0 heterocycles. The van der Waals surface area contributed by atoms with Gasteiger partial charge in [-0.05, 0) is 30.7 Å². The molecule has 1 aromatic carbocycles. The zero-order chi connectivity index (χ0) is 10.6. The van der Waals surface area contributed by atoms with Gasteiger partial charge in [0.2, 0.25) is 6.41 Å². The van der Waals surface area contributed by atoms with E-state index in [1.807, 2.05) is 0 Å². The van der Waals surface area contributed by atoms with Crippen LogP contribution < -0.4 is 10.1 Å². The van der Waals surface area contributed by atoms with Gasteiger partial charge in [-0.1, -0.05) is 0 Å². The van der Waals surface area contributed by atoms with E-state index < -0.39 is 6.61 Å². The molecule has 0 aliphatic carbocycles. The molecular weight excluding hydrogens is 192 g/mol. The lowest BCUT2D eigenvalue weighted by molar-refractivity contribution is -0.105. The molecule has 0 fully saturated rings. The molecule has 5 heteroatoms. The molecule has 1 N–H and O–H groups in total. The van der Waals surface area contributed by atoms with Crippen LogP contribution >= 0.6 is 0 Å². The van der Waals surface area contributed by atoms with Crippen molar-refractivity contribution in [2.24, 2.45) is 0 Å². The van der Waals surface area contributed by atoms with E-state index in [4.69, 9.17) is 0 Å². The first-order valence-electron chi connectivity index (χ1n) is 3.89. The number of ether oxygens (including phenoxy) is 1. The van der Waals surface area contributed by atoms with E-state index in [1.54, 1.807) is 6.92 Å². The molecule has 0 bridgehead atoms. The number of benzene rings is 1. The SMILES string of the molecule is Cc1cc(OC(F)F)ccc1NC=O. The van der Waals surface area contributed by atoms with Crippen molar-refractivity contribution >= 4 is 12.1 Å². The van der Waals surface area contributed by atoms with Crippen molar-refractivity contribution in [2.45, 2.75) is 13.5 Å². The van der Waals surface area contributed by atoms with Crippen LogP contribution in [0.3, 0.4) is 0 Å². The van der Waals surface area contributed by atoms with Gasteiger partial charge < -0.3 is 10.1 Å². The van der Waals surface area contributed by atoms with Crippen LogP contribution in [-0.2, 0) is 4.79 Å². The van der Waals surface area contributed by atoms with Gasteiger partial charge in [-0.3, -0.25) is 4.79 Å². The lowest BCUT2D eigenvalue weighted by Gasteiger charge is -2.08. The Morgan fingerprint density at radius 3 is 2.71 bits per heavy atom. The molecule has 0 aromatic heterocycles. The maximum atomic E-state index is 11.8. The highest BCUT2D eigenvalue weighted by molar-refractivity contribution is 5.73. The number of alkyl halides is 2. The number of nitrogens with one attached hydrogen (secondary N) is 1. The summed E-state index contributed by atoms with van der Waals surface area (Å²) in [6.45, 7) is -1.15. The molecule has 76 valence electrons. The highest BCUT2D eigenvalue weighted by Crippen LogP contribution is 2.22. The molecule has 0 radical (unpaired) electrons. The number of amides is 1. The van der Waals surface area contributed by atoms with E-state index in [2.05, 4.69) is 10.1 Å². The molecule has 14 heavy (non-hydrogen) atoms. The third-order valence-electron chi connectivity index (χ3n) is 1.64. The summed E-state index contributed by atoms with van der Waals surface area (Å²) in [5.74, 6) is 0.0777. The Bertz CT molecular complexity index is 329. The molecule has 0 spiro atoms. The van der Waals surface area contributed by atoms with Gasteiger partial charge in [-0.15, -0.1) is 0 Å². The maximum Gasteiger partial charge on any atom is 0.387 e. The van der Waals surface area contributed by atoms with Crippen molar-refractivity contribution in [1.29, 1.82) is 0 Å². The maximum absolute atomic E-state index is 11.8. The Morgan fingerprint density at radius 2 is 2.21 bits per heavy atom. The van der Waals surface area contributed by atoms with E-state index in [0.717, 1.165) is 0 Å². The highest BCUT2D eigenvalue weighted by atomic mass is 19.3. The van der Waals surface area contributed by atoms with Gasteiger partial charge in [0.05, 0.1) is 0 Å². The molecule has 1 amide bonds. The van der Waals surface area contributed by atoms with Crippen LogP contribution in [0.1, 0.15) is 5.56 Å². The number of carbonyl (C=O) groups excluding carboxylic acids is 1. The third kappa shape index (κ3) is 2.69. The van der Waals surface area contributed by atoms with Gasteiger partial charge in [0.25, 0.3) is 0 Å². The quantitative estimate of drug-likeness (QED) is 0.758. The van der Waals surface area contributed by atoms with Gasteiger partial charge in [-0.2, -0.15) is 8.78 Å². The summed E-state index contributed by atoms with van der Waals surface area (Å²) in [6.07, 6.45) is 0.524. The second kappa shape index (κ2) is 4.55. The summed E-state index contributed by atoms with van der Waals surface area (Å²) >= 11 is 0. The van der Waals surface area contributed by atoms with Crippen molar-refractivity contribution in [3.05, 3.63) is 23.8 Å². The van der Waals surface area contributed by atoms with E-state index in [9.17, 15) is 13.6 Å². The molecule has 1 aromatic rings. The summed E-state index contributed by atoms with van der Waals surface area (Å²) in [5.41, 5.74) is 1.23. The largest absolute Gasteiger partial charge is 0.435 e. The van der Waals surface area contributed by atoms with Gasteiger partial charge in [-0.25, -0.2) is 0 Å². The fraction of sp³-hybridized carbons (Fsp3) is 0.222. The average molecular weight is 201 g/mol. The van der Waals surface area contributed by atoms with E-state index in [1.165, 1.54) is 18.2 Å². The van der Waals surface area contributed by atoms with Crippen LogP contribution in [0.4, 0.5) is 14.5 Å². The number of rotatable bonds is 4. The average Bonchev–Trinajstić information content (AvgIpc) is 2.09. The molecule has 0 saturated carbocycles. The van der Waals surface area contributed by atoms with Crippen molar-refractivity contribution in [3.8, 4) is 5.75 Å². The Balaban J connectivity index is 2.83. The Kier molecular flexibility index (Phi) is 3.39. The first-order chi connectivity index (χ1) is 6.63. The topological polar surface area (TPSA) is 38.3 Å². The van der Waals surface area contributed by atoms with Crippen molar-refractivity contribution in [3.63, 3.8) is 0 Å². The summed E-state index contributed by atoms with van der Waals surface area (Å²) in [7, 11) is 0. The fourth-order valence-corrected chi connectivity index (χ4v) is 1.04. The second-order valence-electron chi connectivity index (χ2n) is 2.62. The third-order valence-corrected chi connectivity index (χ3v) is 1.64. The van der Waals surface area contributed by atoms with E-state index in [0.29, 0.717) is 17.7 Å². The van der Waals surface area contributed by atoms with Crippen LogP contribution in [0.25, 0.3) is 0 Å². The molecule has 3 nitrogen and oxygen atoms in total.